The number of amides is 2. The lowest BCUT2D eigenvalue weighted by Crippen LogP contribution is -2.43. The average molecular weight is 553 g/mol. The molecule has 0 aliphatic carbocycles. The van der Waals surface area contributed by atoms with Crippen molar-refractivity contribution in [2.45, 2.75) is 40.5 Å². The molecule has 4 rings (SSSR count). The van der Waals surface area contributed by atoms with Gasteiger partial charge in [0.25, 0.3) is 11.8 Å². The minimum atomic E-state index is -0.659. The van der Waals surface area contributed by atoms with Gasteiger partial charge in [0, 0.05) is 36.4 Å². The lowest BCUT2D eigenvalue weighted by atomic mass is 9.93. The molecule has 2 amide bonds. The molecule has 1 aliphatic rings. The zero-order valence-corrected chi connectivity index (χ0v) is 23.6. The summed E-state index contributed by atoms with van der Waals surface area (Å²) in [5.41, 5.74) is 4.30. The van der Waals surface area contributed by atoms with Gasteiger partial charge in [-0.25, -0.2) is 4.68 Å². The summed E-state index contributed by atoms with van der Waals surface area (Å²) in [6, 6.07) is 17.4. The molecule has 0 fully saturated rings. The molecule has 0 bridgehead atoms. The zero-order valence-electron chi connectivity index (χ0n) is 23.6. The number of benzene rings is 2. The van der Waals surface area contributed by atoms with Crippen LogP contribution in [-0.2, 0) is 19.1 Å². The van der Waals surface area contributed by atoms with Gasteiger partial charge in [-0.3, -0.25) is 19.3 Å². The Balaban J connectivity index is 1.80. The van der Waals surface area contributed by atoms with Crippen LogP contribution in [0.3, 0.4) is 0 Å². The average Bonchev–Trinajstić information content (AvgIpc) is 3.39. The highest BCUT2D eigenvalue weighted by Crippen LogP contribution is 2.33. The van der Waals surface area contributed by atoms with E-state index in [1.54, 1.807) is 17.7 Å². The Labute approximate surface area is 239 Å². The molecule has 0 N–H and O–H groups in total. The van der Waals surface area contributed by atoms with E-state index >= 15 is 0 Å². The number of hydrogen-bond donors (Lipinski definition) is 0. The number of rotatable bonds is 10. The molecule has 0 saturated heterocycles. The fourth-order valence-corrected chi connectivity index (χ4v) is 4.53. The number of imide groups is 1. The maximum absolute atomic E-state index is 13.6. The molecule has 9 heteroatoms. The maximum Gasteiger partial charge on any atom is 0.302 e. The van der Waals surface area contributed by atoms with Crippen LogP contribution in [0.15, 0.2) is 71.4 Å². The highest BCUT2D eigenvalue weighted by Gasteiger charge is 2.35. The van der Waals surface area contributed by atoms with E-state index in [-0.39, 0.29) is 30.7 Å². The quantitative estimate of drug-likeness (QED) is 0.147. The van der Waals surface area contributed by atoms with E-state index in [4.69, 9.17) is 14.6 Å². The van der Waals surface area contributed by atoms with E-state index in [9.17, 15) is 19.6 Å². The number of para-hydroxylation sites is 1. The van der Waals surface area contributed by atoms with Crippen molar-refractivity contribution < 1.29 is 23.9 Å². The Bertz CT molecular complexity index is 1580. The molecule has 1 aliphatic heterocycles. The van der Waals surface area contributed by atoms with Crippen LogP contribution in [0.25, 0.3) is 23.0 Å². The molecule has 0 unspecified atom stereocenters. The fraction of sp³-hybridized carbons (Fsp3) is 0.281. The normalized spacial score (nSPS) is 14.4. The molecule has 0 saturated carbocycles. The monoisotopic (exact) mass is 552 g/mol. The molecular formula is C32H32N4O5. The SMILES string of the molecule is CCCOc1ccc(-c2nn(-c3ccccc3)cc2/C=C2/C(=O)N(CCCOC(C)=O)C(=O)C(C#N)=C2C)cc1C. The summed E-state index contributed by atoms with van der Waals surface area (Å²) in [5.74, 6) is -0.833. The van der Waals surface area contributed by atoms with Crippen molar-refractivity contribution in [3.63, 3.8) is 0 Å². The lowest BCUT2D eigenvalue weighted by molar-refractivity contribution is -0.141. The van der Waals surface area contributed by atoms with Gasteiger partial charge in [0.1, 0.15) is 17.4 Å². The van der Waals surface area contributed by atoms with Crippen molar-refractivity contribution in [1.82, 2.24) is 14.7 Å². The maximum atomic E-state index is 13.6. The van der Waals surface area contributed by atoms with Crippen LogP contribution in [-0.4, -0.2) is 52.2 Å². The number of aryl methyl sites for hydroxylation is 1. The Morgan fingerprint density at radius 1 is 1.07 bits per heavy atom. The molecule has 0 atom stereocenters. The summed E-state index contributed by atoms with van der Waals surface area (Å²) in [5, 5.41) is 14.6. The summed E-state index contributed by atoms with van der Waals surface area (Å²) in [6.07, 6.45) is 4.65. The van der Waals surface area contributed by atoms with Gasteiger partial charge in [0.15, 0.2) is 0 Å². The van der Waals surface area contributed by atoms with Crippen LogP contribution in [0.1, 0.15) is 44.7 Å². The molecule has 9 nitrogen and oxygen atoms in total. The van der Waals surface area contributed by atoms with Crippen molar-refractivity contribution in [3.8, 4) is 28.8 Å². The highest BCUT2D eigenvalue weighted by molar-refractivity contribution is 6.19. The van der Waals surface area contributed by atoms with Crippen LogP contribution in [0.2, 0.25) is 0 Å². The van der Waals surface area contributed by atoms with E-state index < -0.39 is 17.8 Å². The summed E-state index contributed by atoms with van der Waals surface area (Å²) >= 11 is 0. The number of esters is 1. The van der Waals surface area contributed by atoms with Gasteiger partial charge in [-0.05, 0) is 74.2 Å². The van der Waals surface area contributed by atoms with Gasteiger partial charge in [0.05, 0.1) is 24.6 Å². The van der Waals surface area contributed by atoms with Gasteiger partial charge in [-0.2, -0.15) is 10.4 Å². The molecule has 0 spiro atoms. The molecule has 0 radical (unpaired) electrons. The highest BCUT2D eigenvalue weighted by atomic mass is 16.5. The topological polar surface area (TPSA) is 115 Å². The number of aromatic nitrogens is 2. The van der Waals surface area contributed by atoms with Crippen molar-refractivity contribution in [2.24, 2.45) is 0 Å². The van der Waals surface area contributed by atoms with Crippen molar-refractivity contribution in [2.75, 3.05) is 19.8 Å². The van der Waals surface area contributed by atoms with Crippen LogP contribution in [0.4, 0.5) is 0 Å². The first-order chi connectivity index (χ1) is 19.7. The Kier molecular flexibility index (Phi) is 9.15. The second-order valence-electron chi connectivity index (χ2n) is 9.67. The fourth-order valence-electron chi connectivity index (χ4n) is 4.53. The minimum Gasteiger partial charge on any atom is -0.493 e. The van der Waals surface area contributed by atoms with E-state index in [0.29, 0.717) is 23.4 Å². The summed E-state index contributed by atoms with van der Waals surface area (Å²) in [4.78, 5) is 38.7. The summed E-state index contributed by atoms with van der Waals surface area (Å²) < 4.78 is 12.5. The van der Waals surface area contributed by atoms with Gasteiger partial charge < -0.3 is 9.47 Å². The smallest absolute Gasteiger partial charge is 0.302 e. The molecule has 3 aromatic rings. The Morgan fingerprint density at radius 3 is 2.49 bits per heavy atom. The van der Waals surface area contributed by atoms with Gasteiger partial charge >= 0.3 is 5.97 Å². The third kappa shape index (κ3) is 6.44. The van der Waals surface area contributed by atoms with Crippen molar-refractivity contribution >= 4 is 23.9 Å². The summed E-state index contributed by atoms with van der Waals surface area (Å²) in [7, 11) is 0. The largest absolute Gasteiger partial charge is 0.493 e. The van der Waals surface area contributed by atoms with Crippen LogP contribution < -0.4 is 4.74 Å². The summed E-state index contributed by atoms with van der Waals surface area (Å²) in [6.45, 7) is 7.59. The number of carbonyl (C=O) groups is 3. The molecule has 2 heterocycles. The number of carbonyl (C=O) groups excluding carboxylic acids is 3. The molecule has 210 valence electrons. The zero-order chi connectivity index (χ0) is 29.5. The van der Waals surface area contributed by atoms with Crippen molar-refractivity contribution in [3.05, 3.63) is 82.6 Å². The second kappa shape index (κ2) is 12.9. The third-order valence-corrected chi connectivity index (χ3v) is 6.63. The molecule has 41 heavy (non-hydrogen) atoms. The Morgan fingerprint density at radius 2 is 1.83 bits per heavy atom. The number of ether oxygens (including phenoxy) is 2. The standard InChI is InChI=1S/C32H32N4O5/c1-5-15-41-29-13-12-24(17-21(29)2)30-25(20-36(34-30)26-10-7-6-8-11-26)18-27-22(3)28(19-33)32(39)35(31(27)38)14-9-16-40-23(4)37/h6-8,10-13,17-18,20H,5,9,14-16H2,1-4H3/b27-18+. The van der Waals surface area contributed by atoms with Crippen LogP contribution >= 0.6 is 0 Å². The lowest BCUT2D eigenvalue weighted by Gasteiger charge is -2.27. The van der Waals surface area contributed by atoms with Gasteiger partial charge in [0.2, 0.25) is 0 Å². The van der Waals surface area contributed by atoms with E-state index in [0.717, 1.165) is 33.9 Å². The first-order valence-corrected chi connectivity index (χ1v) is 13.5. The first kappa shape index (κ1) is 29.0. The van der Waals surface area contributed by atoms with Crippen molar-refractivity contribution in [1.29, 1.82) is 5.26 Å². The van der Waals surface area contributed by atoms with Crippen LogP contribution in [0, 0.1) is 18.3 Å². The minimum absolute atomic E-state index is 0.00922. The van der Waals surface area contributed by atoms with E-state index in [1.807, 2.05) is 67.7 Å². The van der Waals surface area contributed by atoms with Gasteiger partial charge in [-0.15, -0.1) is 0 Å². The molecule has 1 aromatic heterocycles. The second-order valence-corrected chi connectivity index (χ2v) is 9.67. The third-order valence-electron chi connectivity index (χ3n) is 6.63. The number of nitriles is 1. The molecule has 2 aromatic carbocycles. The number of hydrogen-bond acceptors (Lipinski definition) is 7. The van der Waals surface area contributed by atoms with Crippen LogP contribution in [0.5, 0.6) is 5.75 Å². The predicted octanol–water partition coefficient (Wildman–Crippen LogP) is 5.18. The van der Waals surface area contributed by atoms with Gasteiger partial charge in [-0.1, -0.05) is 25.1 Å². The number of nitrogens with zero attached hydrogens (tertiary/aromatic N) is 4. The predicted molar refractivity (Wildman–Crippen MR) is 154 cm³/mol. The Hall–Kier alpha value is -4.97. The van der Waals surface area contributed by atoms with E-state index in [1.165, 1.54) is 6.92 Å². The van der Waals surface area contributed by atoms with E-state index in [2.05, 4.69) is 6.92 Å². The molecular weight excluding hydrogens is 520 g/mol. The first-order valence-electron chi connectivity index (χ1n) is 13.5.